The molecule has 158 valence electrons. The molecule has 0 fully saturated rings. The van der Waals surface area contributed by atoms with Crippen LogP contribution in [0, 0.1) is 6.92 Å². The van der Waals surface area contributed by atoms with Gasteiger partial charge in [0, 0.05) is 13.5 Å². The minimum Gasteiger partial charge on any atom is -0.463 e. The summed E-state index contributed by atoms with van der Waals surface area (Å²) < 4.78 is 30.9. The lowest BCUT2D eigenvalue weighted by Gasteiger charge is -2.15. The van der Waals surface area contributed by atoms with Crippen molar-refractivity contribution in [1.29, 1.82) is 0 Å². The zero-order valence-corrected chi connectivity index (χ0v) is 18.6. The average molecular weight is 459 g/mol. The Morgan fingerprint density at radius 1 is 1.17 bits per heavy atom. The number of amides is 1. The molecule has 0 bridgehead atoms. The van der Waals surface area contributed by atoms with Crippen molar-refractivity contribution in [2.45, 2.75) is 24.0 Å². The van der Waals surface area contributed by atoms with Crippen molar-refractivity contribution in [3.8, 4) is 0 Å². The molecule has 1 aromatic heterocycles. The van der Waals surface area contributed by atoms with E-state index in [4.69, 9.17) is 16.3 Å². The highest BCUT2D eigenvalue weighted by molar-refractivity contribution is 7.91. The van der Waals surface area contributed by atoms with Crippen LogP contribution in [0.4, 0.5) is 0 Å². The Morgan fingerprint density at radius 2 is 1.86 bits per heavy atom. The molecule has 1 aromatic carbocycles. The third kappa shape index (κ3) is 7.43. The molecule has 0 aliphatic heterocycles. The van der Waals surface area contributed by atoms with Gasteiger partial charge in [-0.15, -0.1) is 11.3 Å². The molecule has 0 saturated carbocycles. The normalized spacial score (nSPS) is 11.4. The molecule has 0 aliphatic carbocycles. The van der Waals surface area contributed by atoms with Gasteiger partial charge in [0.25, 0.3) is 10.0 Å². The quantitative estimate of drug-likeness (QED) is 0.436. The maximum absolute atomic E-state index is 12.3. The summed E-state index contributed by atoms with van der Waals surface area (Å²) in [5.74, 6) is -0.844. The number of sulfonamides is 1. The number of thiophene rings is 1. The molecule has 7 nitrogen and oxygen atoms in total. The molecule has 0 atom stereocenters. The van der Waals surface area contributed by atoms with Gasteiger partial charge < -0.3 is 10.1 Å². The predicted molar refractivity (Wildman–Crippen MR) is 113 cm³/mol. The van der Waals surface area contributed by atoms with Crippen LogP contribution < -0.4 is 5.32 Å². The van der Waals surface area contributed by atoms with E-state index in [2.05, 4.69) is 5.32 Å². The summed E-state index contributed by atoms with van der Waals surface area (Å²) in [6.07, 6.45) is 0.961. The first-order chi connectivity index (χ1) is 13.7. The minimum absolute atomic E-state index is 0.0339. The van der Waals surface area contributed by atoms with E-state index in [1.807, 2.05) is 31.2 Å². The largest absolute Gasteiger partial charge is 0.463 e. The van der Waals surface area contributed by atoms with Crippen LogP contribution in [0.1, 0.15) is 17.5 Å². The molecule has 1 amide bonds. The van der Waals surface area contributed by atoms with Gasteiger partial charge in [-0.1, -0.05) is 41.4 Å². The maximum atomic E-state index is 12.3. The molecule has 29 heavy (non-hydrogen) atoms. The van der Waals surface area contributed by atoms with Crippen LogP contribution in [0.3, 0.4) is 0 Å². The average Bonchev–Trinajstić information content (AvgIpc) is 3.12. The van der Waals surface area contributed by atoms with Crippen LogP contribution in [0.2, 0.25) is 4.34 Å². The number of hydrogen-bond donors (Lipinski definition) is 1. The molecule has 0 aliphatic rings. The monoisotopic (exact) mass is 458 g/mol. The van der Waals surface area contributed by atoms with Gasteiger partial charge in [0.05, 0.1) is 10.9 Å². The van der Waals surface area contributed by atoms with Crippen LogP contribution in [-0.2, 0) is 30.8 Å². The lowest BCUT2D eigenvalue weighted by molar-refractivity contribution is -0.143. The van der Waals surface area contributed by atoms with E-state index in [0.29, 0.717) is 17.2 Å². The summed E-state index contributed by atoms with van der Waals surface area (Å²) in [5, 5.41) is 2.67. The topological polar surface area (TPSA) is 92.8 Å². The summed E-state index contributed by atoms with van der Waals surface area (Å²) in [7, 11) is -2.51. The van der Waals surface area contributed by atoms with Gasteiger partial charge >= 0.3 is 5.97 Å². The lowest BCUT2D eigenvalue weighted by Crippen LogP contribution is -2.34. The lowest BCUT2D eigenvalue weighted by atomic mass is 10.1. The Kier molecular flexibility index (Phi) is 8.63. The third-order valence-electron chi connectivity index (χ3n) is 4.01. The number of esters is 1. The molecule has 2 rings (SSSR count). The van der Waals surface area contributed by atoms with Crippen LogP contribution in [0.5, 0.6) is 0 Å². The van der Waals surface area contributed by atoms with E-state index in [0.717, 1.165) is 26.8 Å². The van der Waals surface area contributed by atoms with Gasteiger partial charge in [0.2, 0.25) is 5.91 Å². The first-order valence-corrected chi connectivity index (χ1v) is 11.5. The van der Waals surface area contributed by atoms with Crippen molar-refractivity contribution < 1.29 is 22.7 Å². The smallest absolute Gasteiger partial charge is 0.321 e. The minimum atomic E-state index is -3.80. The summed E-state index contributed by atoms with van der Waals surface area (Å²) in [5.41, 5.74) is 2.24. The summed E-state index contributed by atoms with van der Waals surface area (Å²) in [6.45, 7) is 1.70. The van der Waals surface area contributed by atoms with Crippen molar-refractivity contribution in [2.75, 3.05) is 26.7 Å². The Hall–Kier alpha value is -1.94. The van der Waals surface area contributed by atoms with E-state index >= 15 is 0 Å². The molecule has 1 N–H and O–H groups in total. The fourth-order valence-electron chi connectivity index (χ4n) is 2.36. The maximum Gasteiger partial charge on any atom is 0.321 e. The van der Waals surface area contributed by atoms with Gasteiger partial charge in [-0.25, -0.2) is 8.42 Å². The fourth-order valence-corrected chi connectivity index (χ4v) is 5.17. The number of ether oxygens (including phenoxy) is 1. The van der Waals surface area contributed by atoms with E-state index < -0.39 is 22.5 Å². The van der Waals surface area contributed by atoms with E-state index in [1.165, 1.54) is 19.2 Å². The number of halogens is 1. The SMILES string of the molecule is Cc1ccc(CCC(=O)NCCOC(=O)CN(C)S(=O)(=O)c2ccc(Cl)s2)cc1. The van der Waals surface area contributed by atoms with Crippen molar-refractivity contribution in [3.63, 3.8) is 0 Å². The van der Waals surface area contributed by atoms with Crippen molar-refractivity contribution >= 4 is 44.8 Å². The molecule has 0 unspecified atom stereocenters. The van der Waals surface area contributed by atoms with E-state index in [-0.39, 0.29) is 23.3 Å². The van der Waals surface area contributed by atoms with Crippen LogP contribution in [0.15, 0.2) is 40.6 Å². The molecular weight excluding hydrogens is 436 g/mol. The number of hydrogen-bond acceptors (Lipinski definition) is 6. The van der Waals surface area contributed by atoms with Crippen LogP contribution in [0.25, 0.3) is 0 Å². The number of benzene rings is 1. The first kappa shape index (κ1) is 23.3. The first-order valence-electron chi connectivity index (χ1n) is 8.88. The molecule has 0 spiro atoms. The Bertz CT molecular complexity index is 942. The van der Waals surface area contributed by atoms with Gasteiger partial charge in [-0.05, 0) is 31.0 Å². The number of likely N-dealkylation sites (N-methyl/N-ethyl adjacent to an activating group) is 1. The standard InChI is InChI=1S/C19H23ClN2O5S2/c1-14-3-5-15(6-4-14)7-9-17(23)21-11-12-27-18(24)13-22(2)29(25,26)19-10-8-16(20)28-19/h3-6,8,10H,7,9,11-13H2,1-2H3,(H,21,23). The van der Waals surface area contributed by atoms with Gasteiger partial charge in [0.1, 0.15) is 17.4 Å². The van der Waals surface area contributed by atoms with E-state index in [9.17, 15) is 18.0 Å². The zero-order valence-electron chi connectivity index (χ0n) is 16.2. The number of carbonyl (C=O) groups excluding carboxylic acids is 2. The summed E-state index contributed by atoms with van der Waals surface area (Å²) in [4.78, 5) is 23.7. The molecule has 1 heterocycles. The van der Waals surface area contributed by atoms with Crippen molar-refractivity contribution in [2.24, 2.45) is 0 Å². The van der Waals surface area contributed by atoms with Crippen LogP contribution in [-0.4, -0.2) is 51.3 Å². The van der Waals surface area contributed by atoms with Crippen molar-refractivity contribution in [3.05, 3.63) is 51.9 Å². The third-order valence-corrected chi connectivity index (χ3v) is 7.52. The fraction of sp³-hybridized carbons (Fsp3) is 0.368. The number of nitrogens with zero attached hydrogens (tertiary/aromatic N) is 1. The highest BCUT2D eigenvalue weighted by Gasteiger charge is 2.25. The molecule has 0 radical (unpaired) electrons. The Morgan fingerprint density at radius 3 is 2.48 bits per heavy atom. The number of rotatable bonds is 10. The van der Waals surface area contributed by atoms with Gasteiger partial charge in [-0.2, -0.15) is 4.31 Å². The highest BCUT2D eigenvalue weighted by Crippen LogP contribution is 2.27. The van der Waals surface area contributed by atoms with Crippen LogP contribution >= 0.6 is 22.9 Å². The summed E-state index contributed by atoms with van der Waals surface area (Å²) >= 11 is 6.67. The number of carbonyl (C=O) groups is 2. The molecule has 2 aromatic rings. The second-order valence-electron chi connectivity index (χ2n) is 6.38. The highest BCUT2D eigenvalue weighted by atomic mass is 35.5. The number of aryl methyl sites for hydroxylation is 2. The molecular formula is C19H23ClN2O5S2. The van der Waals surface area contributed by atoms with Gasteiger partial charge in [0.15, 0.2) is 0 Å². The summed E-state index contributed by atoms with van der Waals surface area (Å²) in [6, 6.07) is 10.8. The molecule has 10 heteroatoms. The number of nitrogens with one attached hydrogen (secondary N) is 1. The van der Waals surface area contributed by atoms with Gasteiger partial charge in [-0.3, -0.25) is 9.59 Å². The Labute approximate surface area is 179 Å². The Balaban J connectivity index is 1.66. The molecule has 0 saturated heterocycles. The van der Waals surface area contributed by atoms with E-state index in [1.54, 1.807) is 0 Å². The van der Waals surface area contributed by atoms with Crippen molar-refractivity contribution in [1.82, 2.24) is 9.62 Å². The second-order valence-corrected chi connectivity index (χ2v) is 10.4. The zero-order chi connectivity index (χ0) is 21.4. The second kappa shape index (κ2) is 10.7. The predicted octanol–water partition coefficient (Wildman–Crippen LogP) is 2.62.